The minimum atomic E-state index is -1.16. The van der Waals surface area contributed by atoms with E-state index in [1.54, 1.807) is 0 Å². The average Bonchev–Trinajstić information content (AvgIpc) is 2.91. The van der Waals surface area contributed by atoms with E-state index in [0.29, 0.717) is 30.7 Å². The number of carbonyl (C=O) groups excluding carboxylic acids is 1. The number of benzene rings is 1. The van der Waals surface area contributed by atoms with Crippen LogP contribution in [0.25, 0.3) is 0 Å². The zero-order chi connectivity index (χ0) is 21.1. The third-order valence-corrected chi connectivity index (χ3v) is 10.7. The summed E-state index contributed by atoms with van der Waals surface area (Å²) in [7, 11) is 1.24. The van der Waals surface area contributed by atoms with Gasteiger partial charge in [0.15, 0.2) is 0 Å². The fourth-order valence-corrected chi connectivity index (χ4v) is 8.58. The van der Waals surface area contributed by atoms with Gasteiger partial charge in [-0.1, -0.05) is 56.1 Å². The minimum Gasteiger partial charge on any atom is -0.361 e. The van der Waals surface area contributed by atoms with Gasteiger partial charge in [0.1, 0.15) is 24.2 Å². The van der Waals surface area contributed by atoms with Gasteiger partial charge in [-0.3, -0.25) is 9.69 Å². The minimum absolute atomic E-state index is 0.0519. The van der Waals surface area contributed by atoms with Crippen LogP contribution in [0, 0.1) is 17.3 Å². The lowest BCUT2D eigenvalue weighted by molar-refractivity contribution is -0.789. The van der Waals surface area contributed by atoms with E-state index in [1.807, 2.05) is 11.0 Å². The van der Waals surface area contributed by atoms with Crippen LogP contribution in [0.1, 0.15) is 5.56 Å². The normalized spacial score (nSPS) is 44.1. The number of fused-ring (bicyclic) bond motifs is 2. The van der Waals surface area contributed by atoms with Crippen molar-refractivity contribution in [3.63, 3.8) is 0 Å². The molecule has 4 fully saturated rings. The highest BCUT2D eigenvalue weighted by atomic mass is 28.3. The van der Waals surface area contributed by atoms with Gasteiger partial charge in [0, 0.05) is 14.7 Å². The number of para-hydroxylation sites is 1. The molecule has 1 amide bonds. The van der Waals surface area contributed by atoms with Gasteiger partial charge in [0.2, 0.25) is 5.91 Å². The molecule has 5 heteroatoms. The van der Waals surface area contributed by atoms with Gasteiger partial charge in [0.25, 0.3) is 0 Å². The van der Waals surface area contributed by atoms with E-state index in [4.69, 9.17) is 4.74 Å². The first-order valence-electron chi connectivity index (χ1n) is 11.4. The molecular formula is C25H33N2O2Si+. The Morgan fingerprint density at radius 1 is 1.30 bits per heavy atom. The fraction of sp³-hybridized carbons (Fsp3) is 0.560. The van der Waals surface area contributed by atoms with Gasteiger partial charge in [-0.15, -0.1) is 6.58 Å². The Balaban J connectivity index is 1.39. The van der Waals surface area contributed by atoms with Crippen molar-refractivity contribution >= 4 is 19.7 Å². The van der Waals surface area contributed by atoms with Crippen LogP contribution in [0.15, 0.2) is 49.1 Å². The number of piperidine rings is 3. The van der Waals surface area contributed by atoms with E-state index < -0.39 is 13.5 Å². The zero-order valence-corrected chi connectivity index (χ0v) is 19.6. The van der Waals surface area contributed by atoms with Crippen molar-refractivity contribution in [2.24, 2.45) is 17.3 Å². The molecule has 4 nitrogen and oxygen atoms in total. The summed E-state index contributed by atoms with van der Waals surface area (Å²) in [4.78, 5) is 16.1. The van der Waals surface area contributed by atoms with Crippen molar-refractivity contribution in [2.75, 3.05) is 31.8 Å². The molecule has 1 spiro atoms. The molecule has 0 aromatic heterocycles. The van der Waals surface area contributed by atoms with Crippen molar-refractivity contribution in [1.29, 1.82) is 0 Å². The molecule has 6 bridgehead atoms. The summed E-state index contributed by atoms with van der Waals surface area (Å²) in [6.45, 7) is 13.6. The van der Waals surface area contributed by atoms with Crippen molar-refractivity contribution in [3.05, 3.63) is 54.6 Å². The number of anilines is 1. The molecule has 0 N–H and O–H groups in total. The smallest absolute Gasteiger partial charge is 0.244 e. The van der Waals surface area contributed by atoms with Gasteiger partial charge in [-0.05, 0) is 17.7 Å². The Hall–Kier alpha value is -1.69. The Labute approximate surface area is 180 Å². The molecule has 1 aromatic carbocycles. The molecule has 7 rings (SSSR count). The maximum absolute atomic E-state index is 14.2. The lowest BCUT2D eigenvalue weighted by atomic mass is 9.56. The molecule has 7 unspecified atom stereocenters. The second-order valence-electron chi connectivity index (χ2n) is 11.6. The quantitative estimate of drug-likeness (QED) is 0.230. The van der Waals surface area contributed by atoms with Crippen LogP contribution in [-0.2, 0) is 14.9 Å². The number of quaternary nitrogens is 1. The summed E-state index contributed by atoms with van der Waals surface area (Å²) in [5.41, 5.74) is 1.71. The molecule has 2 aliphatic carbocycles. The van der Waals surface area contributed by atoms with Crippen LogP contribution in [0.2, 0.25) is 25.7 Å². The highest BCUT2D eigenvalue weighted by Gasteiger charge is 2.93. The average molecular weight is 422 g/mol. The van der Waals surface area contributed by atoms with Crippen LogP contribution < -0.4 is 4.90 Å². The van der Waals surface area contributed by atoms with Crippen molar-refractivity contribution in [1.82, 2.24) is 0 Å². The van der Waals surface area contributed by atoms with Gasteiger partial charge in [-0.2, -0.15) is 0 Å². The molecule has 1 saturated carbocycles. The van der Waals surface area contributed by atoms with Crippen molar-refractivity contribution < 1.29 is 14.0 Å². The third kappa shape index (κ3) is 1.98. The maximum Gasteiger partial charge on any atom is 0.244 e. The molecule has 4 aliphatic heterocycles. The first-order valence-corrected chi connectivity index (χ1v) is 15.1. The standard InChI is InChI=1S/C25H33N2O2Si/c1-6-24-15-27(2)20-18(24)11-12-25(22(24)21(20)27)17-9-7-8-10-19(17)26(23(25)28)16-29-13-14-30(3,4)5/h6-12,18,20-22H,1,13-16H2,2-5H3/q+1. The largest absolute Gasteiger partial charge is 0.361 e. The number of nitrogens with zero attached hydrogens (tertiary/aromatic N) is 2. The highest BCUT2D eigenvalue weighted by molar-refractivity contribution is 6.76. The molecule has 6 aliphatic rings. The van der Waals surface area contributed by atoms with Crippen LogP contribution in [0.3, 0.4) is 0 Å². The predicted molar refractivity (Wildman–Crippen MR) is 122 cm³/mol. The van der Waals surface area contributed by atoms with E-state index in [9.17, 15) is 4.79 Å². The number of hydrogen-bond donors (Lipinski definition) is 0. The predicted octanol–water partition coefficient (Wildman–Crippen LogP) is 3.78. The summed E-state index contributed by atoms with van der Waals surface area (Å²) in [5, 5.41) is 0. The fourth-order valence-electron chi connectivity index (χ4n) is 7.83. The van der Waals surface area contributed by atoms with E-state index in [1.165, 1.54) is 5.56 Å². The summed E-state index contributed by atoms with van der Waals surface area (Å²) in [6, 6.07) is 10.8. The molecule has 0 radical (unpaired) electrons. The number of rotatable bonds is 6. The van der Waals surface area contributed by atoms with Crippen molar-refractivity contribution in [2.45, 2.75) is 43.2 Å². The monoisotopic (exact) mass is 421 g/mol. The number of amides is 1. The van der Waals surface area contributed by atoms with Crippen LogP contribution in [0.4, 0.5) is 5.69 Å². The molecule has 30 heavy (non-hydrogen) atoms. The van der Waals surface area contributed by atoms with E-state index in [0.717, 1.165) is 29.4 Å². The van der Waals surface area contributed by atoms with Crippen LogP contribution >= 0.6 is 0 Å². The number of likely N-dealkylation sites (N-methyl/N-ethyl adjacent to an activating group) is 1. The number of hydrogen-bond acceptors (Lipinski definition) is 2. The topological polar surface area (TPSA) is 29.5 Å². The Bertz CT molecular complexity index is 999. The summed E-state index contributed by atoms with van der Waals surface area (Å²) >= 11 is 0. The van der Waals surface area contributed by atoms with Crippen LogP contribution in [-0.4, -0.2) is 57.5 Å². The zero-order valence-electron chi connectivity index (χ0n) is 18.6. The molecular weight excluding hydrogens is 388 g/mol. The first-order chi connectivity index (χ1) is 14.2. The number of ether oxygens (including phenoxy) is 1. The Morgan fingerprint density at radius 3 is 2.80 bits per heavy atom. The highest BCUT2D eigenvalue weighted by Crippen LogP contribution is 2.79. The number of carbonyl (C=O) groups is 1. The summed E-state index contributed by atoms with van der Waals surface area (Å²) in [5.74, 6) is 1.07. The molecule has 3 saturated heterocycles. The lowest BCUT2D eigenvalue weighted by Gasteiger charge is -2.41. The van der Waals surface area contributed by atoms with Gasteiger partial charge < -0.3 is 9.22 Å². The van der Waals surface area contributed by atoms with E-state index >= 15 is 0 Å². The molecule has 4 heterocycles. The molecule has 1 aromatic rings. The maximum atomic E-state index is 14.2. The van der Waals surface area contributed by atoms with Gasteiger partial charge >= 0.3 is 0 Å². The third-order valence-electron chi connectivity index (χ3n) is 9.04. The molecule has 158 valence electrons. The van der Waals surface area contributed by atoms with Crippen LogP contribution in [0.5, 0.6) is 0 Å². The van der Waals surface area contributed by atoms with Crippen molar-refractivity contribution in [3.8, 4) is 0 Å². The first kappa shape index (κ1) is 19.0. The van der Waals surface area contributed by atoms with E-state index in [-0.39, 0.29) is 11.3 Å². The second kappa shape index (κ2) is 5.56. The summed E-state index contributed by atoms with van der Waals surface area (Å²) < 4.78 is 7.21. The Morgan fingerprint density at radius 2 is 2.07 bits per heavy atom. The SMILES string of the molecule is C=CC12C[N+]3(C)C4C1C=CC1(C(=O)N(COCC[Si](C)(C)C)c5ccccc51)C2C43. The lowest BCUT2D eigenvalue weighted by Crippen LogP contribution is -2.52. The Kier molecular flexibility index (Phi) is 3.53. The van der Waals surface area contributed by atoms with Gasteiger partial charge in [-0.25, -0.2) is 0 Å². The van der Waals surface area contributed by atoms with E-state index in [2.05, 4.69) is 69.7 Å². The van der Waals surface area contributed by atoms with Gasteiger partial charge in [0.05, 0.1) is 36.5 Å². The molecule has 7 atom stereocenters. The second-order valence-corrected chi connectivity index (χ2v) is 17.3. The summed E-state index contributed by atoms with van der Waals surface area (Å²) in [6.07, 6.45) is 6.86.